The first-order chi connectivity index (χ1) is 15.8. The molecule has 0 saturated heterocycles. The first kappa shape index (κ1) is 21.3. The van der Waals surface area contributed by atoms with Gasteiger partial charge in [-0.1, -0.05) is 47.2 Å². The molecule has 0 aliphatic rings. The van der Waals surface area contributed by atoms with Gasteiger partial charge in [0.25, 0.3) is 11.6 Å². The van der Waals surface area contributed by atoms with Crippen LogP contribution in [0.25, 0.3) is 17.1 Å². The molecule has 166 valence electrons. The van der Waals surface area contributed by atoms with E-state index < -0.39 is 10.8 Å². The van der Waals surface area contributed by atoms with E-state index >= 15 is 0 Å². The lowest BCUT2D eigenvalue weighted by atomic mass is 10.1. The number of carbonyl (C=O) groups is 1. The van der Waals surface area contributed by atoms with E-state index in [-0.39, 0.29) is 34.3 Å². The Labute approximate surface area is 186 Å². The Kier molecular flexibility index (Phi) is 5.59. The van der Waals surface area contributed by atoms with Gasteiger partial charge in [-0.3, -0.25) is 14.9 Å². The lowest BCUT2D eigenvalue weighted by Crippen LogP contribution is -2.21. The molecule has 4 aromatic rings. The Hall–Kier alpha value is -4.94. The molecule has 0 saturated carbocycles. The maximum Gasteiger partial charge on any atom is 0.294 e. The van der Waals surface area contributed by atoms with Crippen molar-refractivity contribution in [2.45, 2.75) is 13.8 Å². The second-order valence-electron chi connectivity index (χ2n) is 6.98. The number of nitro groups is 1. The number of nitro benzene ring substituents is 1. The number of hydrogen-bond acceptors (Lipinski definition) is 10. The number of anilines is 1. The molecule has 0 fully saturated rings. The van der Waals surface area contributed by atoms with Crippen LogP contribution in [0.1, 0.15) is 28.5 Å². The number of nitrogens with zero attached hydrogens (tertiary/aromatic N) is 7. The van der Waals surface area contributed by atoms with Crippen LogP contribution in [0.2, 0.25) is 0 Å². The SMILES string of the molecule is CC(=NNC(=O)c1nnn(-c2nonc2N)c1-c1cccc([N+](=O)[O-])c1)c1ccc(C)cc1. The van der Waals surface area contributed by atoms with Crippen LogP contribution in [-0.2, 0) is 0 Å². The molecule has 0 radical (unpaired) electrons. The minimum absolute atomic E-state index is 0.0256. The number of hydrogen-bond donors (Lipinski definition) is 2. The number of benzene rings is 2. The topological polar surface area (TPSA) is 180 Å². The van der Waals surface area contributed by atoms with Gasteiger partial charge in [0.15, 0.2) is 5.69 Å². The van der Waals surface area contributed by atoms with Crippen molar-refractivity contribution in [1.82, 2.24) is 30.7 Å². The van der Waals surface area contributed by atoms with E-state index in [0.29, 0.717) is 5.71 Å². The molecule has 4 rings (SSSR count). The number of amides is 1. The average molecular weight is 447 g/mol. The maximum atomic E-state index is 13.0. The van der Waals surface area contributed by atoms with E-state index in [1.807, 2.05) is 31.2 Å². The smallest absolute Gasteiger partial charge is 0.294 e. The van der Waals surface area contributed by atoms with Crippen molar-refractivity contribution in [2.75, 3.05) is 5.73 Å². The van der Waals surface area contributed by atoms with E-state index in [1.54, 1.807) is 13.0 Å². The zero-order valence-corrected chi connectivity index (χ0v) is 17.5. The number of nitrogens with two attached hydrogens (primary N) is 1. The summed E-state index contributed by atoms with van der Waals surface area (Å²) in [5.41, 5.74) is 10.7. The molecule has 0 unspecified atom stereocenters. The summed E-state index contributed by atoms with van der Waals surface area (Å²) in [7, 11) is 0. The number of rotatable bonds is 6. The minimum atomic E-state index is -0.691. The van der Waals surface area contributed by atoms with E-state index in [1.165, 1.54) is 18.2 Å². The third-order valence-electron chi connectivity index (χ3n) is 4.71. The third kappa shape index (κ3) is 4.27. The predicted molar refractivity (Wildman–Crippen MR) is 117 cm³/mol. The molecule has 2 aromatic heterocycles. The Morgan fingerprint density at radius 2 is 1.97 bits per heavy atom. The van der Waals surface area contributed by atoms with Crippen LogP contribution in [-0.4, -0.2) is 41.8 Å². The average Bonchev–Trinajstić information content (AvgIpc) is 3.43. The third-order valence-corrected chi connectivity index (χ3v) is 4.71. The van der Waals surface area contributed by atoms with Gasteiger partial charge in [0.2, 0.25) is 11.6 Å². The standard InChI is InChI=1S/C20H17N9O4/c1-11-6-8-13(9-7-11)12(2)22-24-20(30)16-17(14-4-3-5-15(10-14)29(31)32)28(27-23-16)19-18(21)25-33-26-19/h3-10H,1-2H3,(H2,21,25)(H,24,30). The van der Waals surface area contributed by atoms with Crippen LogP contribution in [0, 0.1) is 17.0 Å². The van der Waals surface area contributed by atoms with Crippen molar-refractivity contribution < 1.29 is 14.3 Å². The van der Waals surface area contributed by atoms with E-state index in [2.05, 4.69) is 35.8 Å². The zero-order valence-electron chi connectivity index (χ0n) is 17.5. The van der Waals surface area contributed by atoms with E-state index in [0.717, 1.165) is 15.8 Å². The Morgan fingerprint density at radius 1 is 1.21 bits per heavy atom. The molecule has 13 heteroatoms. The summed E-state index contributed by atoms with van der Waals surface area (Å²) in [6.45, 7) is 3.71. The molecule has 0 aliphatic heterocycles. The Bertz CT molecular complexity index is 1370. The maximum absolute atomic E-state index is 13.0. The van der Waals surface area contributed by atoms with Gasteiger partial charge in [0.1, 0.15) is 5.69 Å². The van der Waals surface area contributed by atoms with Crippen LogP contribution in [0.4, 0.5) is 11.5 Å². The molecule has 0 spiro atoms. The molecule has 0 aliphatic carbocycles. The lowest BCUT2D eigenvalue weighted by Gasteiger charge is -2.06. The van der Waals surface area contributed by atoms with Gasteiger partial charge in [-0.15, -0.1) is 5.10 Å². The van der Waals surface area contributed by atoms with Crippen LogP contribution >= 0.6 is 0 Å². The summed E-state index contributed by atoms with van der Waals surface area (Å²) in [5, 5.41) is 30.4. The highest BCUT2D eigenvalue weighted by molar-refractivity contribution is 6.02. The summed E-state index contributed by atoms with van der Waals surface area (Å²) in [6.07, 6.45) is 0. The van der Waals surface area contributed by atoms with Gasteiger partial charge in [0.05, 0.1) is 10.6 Å². The summed E-state index contributed by atoms with van der Waals surface area (Å²) in [5.74, 6) is -0.821. The van der Waals surface area contributed by atoms with Crippen molar-refractivity contribution in [1.29, 1.82) is 0 Å². The Balaban J connectivity index is 1.74. The van der Waals surface area contributed by atoms with Crippen molar-refractivity contribution >= 4 is 23.1 Å². The normalized spacial score (nSPS) is 11.4. The molecule has 2 heterocycles. The summed E-state index contributed by atoms with van der Waals surface area (Å²) in [6, 6.07) is 13.2. The van der Waals surface area contributed by atoms with Crippen molar-refractivity contribution in [3.63, 3.8) is 0 Å². The number of nitrogens with one attached hydrogen (secondary N) is 1. The van der Waals surface area contributed by atoms with Gasteiger partial charge < -0.3 is 5.73 Å². The molecule has 33 heavy (non-hydrogen) atoms. The lowest BCUT2D eigenvalue weighted by molar-refractivity contribution is -0.384. The molecule has 13 nitrogen and oxygen atoms in total. The number of nitrogen functional groups attached to an aromatic ring is 1. The van der Waals surface area contributed by atoms with E-state index in [9.17, 15) is 14.9 Å². The second kappa shape index (κ2) is 8.66. The van der Waals surface area contributed by atoms with Gasteiger partial charge in [-0.05, 0) is 29.7 Å². The van der Waals surface area contributed by atoms with E-state index in [4.69, 9.17) is 5.73 Å². The highest BCUT2D eigenvalue weighted by atomic mass is 16.6. The van der Waals surface area contributed by atoms with Crippen LogP contribution in [0.3, 0.4) is 0 Å². The fourth-order valence-electron chi connectivity index (χ4n) is 2.99. The fraction of sp³-hybridized carbons (Fsp3) is 0.100. The predicted octanol–water partition coefficient (Wildman–Crippen LogP) is 2.27. The largest absolute Gasteiger partial charge is 0.378 e. The van der Waals surface area contributed by atoms with Crippen molar-refractivity contribution in [2.24, 2.45) is 5.10 Å². The first-order valence-corrected chi connectivity index (χ1v) is 9.55. The summed E-state index contributed by atoms with van der Waals surface area (Å²) >= 11 is 0. The molecule has 0 atom stereocenters. The number of carbonyl (C=O) groups excluding carboxylic acids is 1. The number of non-ortho nitro benzene ring substituents is 1. The molecular formula is C20H17N9O4. The number of aryl methyl sites for hydroxylation is 1. The fourth-order valence-corrected chi connectivity index (χ4v) is 2.99. The van der Waals surface area contributed by atoms with Crippen LogP contribution < -0.4 is 11.2 Å². The number of aromatic nitrogens is 5. The highest BCUT2D eigenvalue weighted by Crippen LogP contribution is 2.29. The van der Waals surface area contributed by atoms with Crippen molar-refractivity contribution in [3.8, 4) is 17.1 Å². The zero-order chi connectivity index (χ0) is 23.5. The van der Waals surface area contributed by atoms with Gasteiger partial charge >= 0.3 is 0 Å². The van der Waals surface area contributed by atoms with Crippen LogP contribution in [0.5, 0.6) is 0 Å². The summed E-state index contributed by atoms with van der Waals surface area (Å²) in [4.78, 5) is 23.7. The van der Waals surface area contributed by atoms with Crippen LogP contribution in [0.15, 0.2) is 58.3 Å². The molecule has 3 N–H and O–H groups in total. The molecule has 0 bridgehead atoms. The Morgan fingerprint density at radius 3 is 2.64 bits per heavy atom. The van der Waals surface area contributed by atoms with Gasteiger partial charge in [-0.25, -0.2) is 10.1 Å². The van der Waals surface area contributed by atoms with Gasteiger partial charge in [0, 0.05) is 17.7 Å². The number of hydrazone groups is 1. The second-order valence-corrected chi connectivity index (χ2v) is 6.98. The summed E-state index contributed by atoms with van der Waals surface area (Å²) < 4.78 is 5.74. The molecule has 2 aromatic carbocycles. The quantitative estimate of drug-likeness (QED) is 0.254. The monoisotopic (exact) mass is 447 g/mol. The minimum Gasteiger partial charge on any atom is -0.378 e. The van der Waals surface area contributed by atoms with Gasteiger partial charge in [-0.2, -0.15) is 9.78 Å². The first-order valence-electron chi connectivity index (χ1n) is 9.55. The molecular weight excluding hydrogens is 430 g/mol. The highest BCUT2D eigenvalue weighted by Gasteiger charge is 2.26. The molecule has 1 amide bonds. The van der Waals surface area contributed by atoms with Crippen molar-refractivity contribution in [3.05, 3.63) is 75.5 Å².